The highest BCUT2D eigenvalue weighted by Gasteiger charge is 2.40. The molecule has 0 spiro atoms. The highest BCUT2D eigenvalue weighted by Crippen LogP contribution is 2.48. The summed E-state index contributed by atoms with van der Waals surface area (Å²) in [6, 6.07) is 2.59. The maximum absolute atomic E-state index is 13.5. The molecule has 1 aromatic rings. The molecule has 18 heavy (non-hydrogen) atoms. The lowest BCUT2D eigenvalue weighted by Gasteiger charge is -2.15. The van der Waals surface area contributed by atoms with Gasteiger partial charge in [0.05, 0.1) is 11.3 Å². The second-order valence-electron chi connectivity index (χ2n) is 4.90. The van der Waals surface area contributed by atoms with Crippen molar-refractivity contribution >= 4 is 5.69 Å². The van der Waals surface area contributed by atoms with E-state index in [9.17, 15) is 17.6 Å². The Morgan fingerprint density at radius 2 is 1.94 bits per heavy atom. The second-order valence-corrected chi connectivity index (χ2v) is 4.90. The Morgan fingerprint density at radius 3 is 2.39 bits per heavy atom. The van der Waals surface area contributed by atoms with Crippen LogP contribution in [0.3, 0.4) is 0 Å². The molecule has 1 aliphatic carbocycles. The average Bonchev–Trinajstić information content (AvgIpc) is 3.07. The zero-order valence-corrected chi connectivity index (χ0v) is 10.1. The van der Waals surface area contributed by atoms with Crippen molar-refractivity contribution in [1.29, 1.82) is 0 Å². The minimum Gasteiger partial charge on any atom is -0.382 e. The lowest BCUT2D eigenvalue weighted by atomic mass is 10.0. The Morgan fingerprint density at radius 1 is 1.28 bits per heavy atom. The van der Waals surface area contributed by atoms with E-state index in [0.29, 0.717) is 12.6 Å². The van der Waals surface area contributed by atoms with Gasteiger partial charge < -0.3 is 5.32 Å². The summed E-state index contributed by atoms with van der Waals surface area (Å²) in [5.41, 5.74) is -0.598. The first kappa shape index (κ1) is 13.2. The van der Waals surface area contributed by atoms with Gasteiger partial charge in [0.25, 0.3) is 0 Å². The van der Waals surface area contributed by atoms with Gasteiger partial charge >= 0.3 is 6.18 Å². The third kappa shape index (κ3) is 2.76. The van der Waals surface area contributed by atoms with Gasteiger partial charge in [-0.3, -0.25) is 0 Å². The summed E-state index contributed by atoms with van der Waals surface area (Å²) in [7, 11) is 0. The number of alkyl halides is 3. The smallest absolute Gasteiger partial charge is 0.382 e. The molecule has 0 bridgehead atoms. The molecule has 0 amide bonds. The van der Waals surface area contributed by atoms with E-state index in [1.54, 1.807) is 0 Å². The molecule has 0 atom stereocenters. The van der Waals surface area contributed by atoms with E-state index in [2.05, 4.69) is 12.2 Å². The van der Waals surface area contributed by atoms with E-state index < -0.39 is 17.6 Å². The highest BCUT2D eigenvalue weighted by atomic mass is 19.4. The van der Waals surface area contributed by atoms with Crippen molar-refractivity contribution in [3.8, 4) is 0 Å². The van der Waals surface area contributed by atoms with Gasteiger partial charge in [0, 0.05) is 6.54 Å². The number of benzene rings is 1. The minimum absolute atomic E-state index is 0.141. The van der Waals surface area contributed by atoms with E-state index >= 15 is 0 Å². The zero-order valence-electron chi connectivity index (χ0n) is 10.1. The van der Waals surface area contributed by atoms with Crippen LogP contribution in [-0.2, 0) is 6.18 Å². The fourth-order valence-corrected chi connectivity index (χ4v) is 1.95. The van der Waals surface area contributed by atoms with Gasteiger partial charge in [-0.1, -0.05) is 6.92 Å². The summed E-state index contributed by atoms with van der Waals surface area (Å²) in [6.45, 7) is 2.68. The number of halogens is 4. The van der Waals surface area contributed by atoms with Gasteiger partial charge in [0.1, 0.15) is 5.82 Å². The molecular formula is C13H15F4N. The van der Waals surface area contributed by atoms with E-state index in [0.717, 1.165) is 31.4 Å². The number of rotatable bonds is 4. The SMILES string of the molecule is CCC1(CNc2ccc(C(F)(F)F)cc2F)CC1. The average molecular weight is 261 g/mol. The molecule has 0 radical (unpaired) electrons. The van der Waals surface area contributed by atoms with E-state index in [1.165, 1.54) is 0 Å². The van der Waals surface area contributed by atoms with Crippen molar-refractivity contribution in [3.63, 3.8) is 0 Å². The van der Waals surface area contributed by atoms with Crippen molar-refractivity contribution in [2.45, 2.75) is 32.4 Å². The Hall–Kier alpha value is -1.26. The van der Waals surface area contributed by atoms with Gasteiger partial charge in [0.15, 0.2) is 0 Å². The molecule has 1 N–H and O–H groups in total. The van der Waals surface area contributed by atoms with Crippen LogP contribution >= 0.6 is 0 Å². The van der Waals surface area contributed by atoms with Crippen molar-refractivity contribution < 1.29 is 17.6 Å². The molecule has 1 saturated carbocycles. The summed E-state index contributed by atoms with van der Waals surface area (Å²) in [4.78, 5) is 0. The number of nitrogens with one attached hydrogen (secondary N) is 1. The van der Waals surface area contributed by atoms with Crippen LogP contribution in [0.5, 0.6) is 0 Å². The van der Waals surface area contributed by atoms with Crippen molar-refractivity contribution in [2.24, 2.45) is 5.41 Å². The fourth-order valence-electron chi connectivity index (χ4n) is 1.95. The van der Waals surface area contributed by atoms with Gasteiger partial charge in [-0.15, -0.1) is 0 Å². The lowest BCUT2D eigenvalue weighted by Crippen LogP contribution is -2.15. The van der Waals surface area contributed by atoms with E-state index in [-0.39, 0.29) is 11.1 Å². The largest absolute Gasteiger partial charge is 0.416 e. The van der Waals surface area contributed by atoms with Gasteiger partial charge in [-0.2, -0.15) is 13.2 Å². The maximum Gasteiger partial charge on any atom is 0.416 e. The predicted octanol–water partition coefficient (Wildman–Crippen LogP) is 4.45. The Bertz CT molecular complexity index is 435. The predicted molar refractivity (Wildman–Crippen MR) is 61.8 cm³/mol. The highest BCUT2D eigenvalue weighted by molar-refractivity contribution is 5.47. The molecule has 1 aromatic carbocycles. The van der Waals surface area contributed by atoms with Crippen LogP contribution in [0.4, 0.5) is 23.2 Å². The minimum atomic E-state index is -4.50. The standard InChI is InChI=1S/C13H15F4N/c1-2-12(5-6-12)8-18-11-4-3-9(7-10(11)14)13(15,16)17/h3-4,7,18H,2,5-6,8H2,1H3. The normalized spacial score (nSPS) is 17.6. The van der Waals surface area contributed by atoms with Crippen LogP contribution in [0.1, 0.15) is 31.7 Å². The Labute approximate surface area is 103 Å². The van der Waals surface area contributed by atoms with Crippen LogP contribution in [-0.4, -0.2) is 6.54 Å². The first-order valence-electron chi connectivity index (χ1n) is 5.97. The summed E-state index contributed by atoms with van der Waals surface area (Å²) in [6.07, 6.45) is -1.31. The van der Waals surface area contributed by atoms with Crippen LogP contribution in [0, 0.1) is 11.2 Å². The van der Waals surface area contributed by atoms with Gasteiger partial charge in [-0.05, 0) is 42.9 Å². The summed E-state index contributed by atoms with van der Waals surface area (Å²) >= 11 is 0. The summed E-state index contributed by atoms with van der Waals surface area (Å²) < 4.78 is 50.6. The Balaban J connectivity index is 2.06. The number of hydrogen-bond donors (Lipinski definition) is 1. The van der Waals surface area contributed by atoms with Crippen molar-refractivity contribution in [2.75, 3.05) is 11.9 Å². The molecule has 0 saturated heterocycles. The Kier molecular flexibility index (Phi) is 3.25. The molecule has 1 nitrogen and oxygen atoms in total. The van der Waals surface area contributed by atoms with Gasteiger partial charge in [-0.25, -0.2) is 4.39 Å². The topological polar surface area (TPSA) is 12.0 Å². The molecule has 5 heteroatoms. The molecule has 0 heterocycles. The zero-order chi connectivity index (χ0) is 13.4. The van der Waals surface area contributed by atoms with Crippen molar-refractivity contribution in [3.05, 3.63) is 29.6 Å². The number of hydrogen-bond acceptors (Lipinski definition) is 1. The molecule has 0 aliphatic heterocycles. The molecule has 0 unspecified atom stereocenters. The van der Waals surface area contributed by atoms with Crippen LogP contribution in [0.25, 0.3) is 0 Å². The van der Waals surface area contributed by atoms with Crippen LogP contribution in [0.15, 0.2) is 18.2 Å². The van der Waals surface area contributed by atoms with E-state index in [4.69, 9.17) is 0 Å². The first-order chi connectivity index (χ1) is 8.36. The maximum atomic E-state index is 13.5. The quantitative estimate of drug-likeness (QED) is 0.790. The van der Waals surface area contributed by atoms with Crippen molar-refractivity contribution in [1.82, 2.24) is 0 Å². The van der Waals surface area contributed by atoms with Crippen LogP contribution in [0.2, 0.25) is 0 Å². The first-order valence-corrected chi connectivity index (χ1v) is 5.97. The molecular weight excluding hydrogens is 246 g/mol. The summed E-state index contributed by atoms with van der Waals surface area (Å²) in [5.74, 6) is -0.850. The lowest BCUT2D eigenvalue weighted by molar-refractivity contribution is -0.137. The number of anilines is 1. The second kappa shape index (κ2) is 4.44. The third-order valence-electron chi connectivity index (χ3n) is 3.66. The molecule has 1 aliphatic rings. The summed E-state index contributed by atoms with van der Waals surface area (Å²) in [5, 5.41) is 2.90. The molecule has 2 rings (SSSR count). The monoisotopic (exact) mass is 261 g/mol. The van der Waals surface area contributed by atoms with Crippen LogP contribution < -0.4 is 5.32 Å². The third-order valence-corrected chi connectivity index (χ3v) is 3.66. The van der Waals surface area contributed by atoms with E-state index in [1.807, 2.05) is 0 Å². The fraction of sp³-hybridized carbons (Fsp3) is 0.538. The molecule has 1 fully saturated rings. The molecule has 100 valence electrons. The van der Waals surface area contributed by atoms with Gasteiger partial charge in [0.2, 0.25) is 0 Å². The molecule has 0 aromatic heterocycles.